The predicted molar refractivity (Wildman–Crippen MR) is 159 cm³/mol. The maximum absolute atomic E-state index is 14.3. The molecule has 43 heavy (non-hydrogen) atoms. The van der Waals surface area contributed by atoms with Crippen LogP contribution in [0.2, 0.25) is 5.02 Å². The van der Waals surface area contributed by atoms with Crippen LogP contribution in [0.5, 0.6) is 5.75 Å². The first-order valence-electron chi connectivity index (χ1n) is 13.6. The van der Waals surface area contributed by atoms with Gasteiger partial charge in [-0.3, -0.25) is 24.1 Å². The van der Waals surface area contributed by atoms with E-state index >= 15 is 0 Å². The number of fused-ring (bicyclic) bond motifs is 4. The van der Waals surface area contributed by atoms with E-state index in [1.54, 1.807) is 48.5 Å². The number of phenols is 1. The van der Waals surface area contributed by atoms with Crippen molar-refractivity contribution in [3.63, 3.8) is 0 Å². The zero-order valence-electron chi connectivity index (χ0n) is 22.2. The van der Waals surface area contributed by atoms with Gasteiger partial charge in [0.05, 0.1) is 23.2 Å². The number of halogens is 4. The Morgan fingerprint density at radius 2 is 1.42 bits per heavy atom. The summed E-state index contributed by atoms with van der Waals surface area (Å²) in [6.07, 6.45) is 1.75. The van der Waals surface area contributed by atoms with Gasteiger partial charge in [0.1, 0.15) is 11.6 Å². The second-order valence-corrected chi connectivity index (χ2v) is 13.0. The van der Waals surface area contributed by atoms with E-state index in [1.807, 2.05) is 0 Å². The number of aromatic hydroxyl groups is 1. The molecule has 218 valence electrons. The Kier molecular flexibility index (Phi) is 6.30. The van der Waals surface area contributed by atoms with Gasteiger partial charge < -0.3 is 5.11 Å². The Balaban J connectivity index is 1.40. The van der Waals surface area contributed by atoms with Gasteiger partial charge in [-0.2, -0.15) is 0 Å². The van der Waals surface area contributed by atoms with Gasteiger partial charge in [-0.1, -0.05) is 41.4 Å². The smallest absolute Gasteiger partial charge is 0.258 e. The van der Waals surface area contributed by atoms with E-state index in [4.69, 9.17) is 34.8 Å². The van der Waals surface area contributed by atoms with Crippen LogP contribution in [-0.2, 0) is 19.2 Å². The molecule has 4 aliphatic rings. The van der Waals surface area contributed by atoms with Crippen LogP contribution in [0, 0.1) is 23.6 Å². The van der Waals surface area contributed by atoms with Crippen molar-refractivity contribution in [3.05, 3.63) is 101 Å². The third-order valence-corrected chi connectivity index (χ3v) is 10.9. The summed E-state index contributed by atoms with van der Waals surface area (Å²) in [6, 6.07) is 17.4. The molecular weight excluding hydrogens is 618 g/mol. The van der Waals surface area contributed by atoms with Gasteiger partial charge in [-0.05, 0) is 73.4 Å². The number of alkyl halides is 2. The molecule has 7 rings (SSSR count). The fourth-order valence-corrected chi connectivity index (χ4v) is 8.37. The van der Waals surface area contributed by atoms with E-state index in [-0.39, 0.29) is 35.7 Å². The summed E-state index contributed by atoms with van der Waals surface area (Å²) in [5, 5.41) is 11.5. The molecule has 6 atom stereocenters. The third kappa shape index (κ3) is 3.73. The summed E-state index contributed by atoms with van der Waals surface area (Å²) < 4.78 is 13.8. The summed E-state index contributed by atoms with van der Waals surface area (Å²) in [7, 11) is 0. The highest BCUT2D eigenvalue weighted by molar-refractivity contribution is 6.58. The van der Waals surface area contributed by atoms with E-state index in [2.05, 4.69) is 0 Å². The van der Waals surface area contributed by atoms with Gasteiger partial charge in [0.15, 0.2) is 9.75 Å². The van der Waals surface area contributed by atoms with E-state index in [9.17, 15) is 28.7 Å². The number of carbonyl (C=O) groups excluding carboxylic acids is 4. The second kappa shape index (κ2) is 9.64. The van der Waals surface area contributed by atoms with Crippen molar-refractivity contribution in [2.75, 3.05) is 9.80 Å². The summed E-state index contributed by atoms with van der Waals surface area (Å²) in [4.78, 5) is 54.0. The Morgan fingerprint density at radius 3 is 2.09 bits per heavy atom. The summed E-state index contributed by atoms with van der Waals surface area (Å²) >= 11 is 20.6. The highest BCUT2D eigenvalue weighted by atomic mass is 35.5. The lowest BCUT2D eigenvalue weighted by molar-refractivity contribution is -0.125. The van der Waals surface area contributed by atoms with E-state index in [1.165, 1.54) is 18.2 Å². The molecule has 3 aromatic carbocycles. The van der Waals surface area contributed by atoms with Crippen LogP contribution in [0.1, 0.15) is 24.3 Å². The number of hydrogen-bond acceptors (Lipinski definition) is 5. The first kappa shape index (κ1) is 28.1. The molecule has 2 aliphatic carbocycles. The Bertz CT molecular complexity index is 1760. The van der Waals surface area contributed by atoms with E-state index in [0.29, 0.717) is 16.3 Å². The van der Waals surface area contributed by atoms with Crippen molar-refractivity contribution in [2.24, 2.45) is 17.8 Å². The maximum atomic E-state index is 14.3. The molecule has 11 heteroatoms. The number of phenolic OH excluding ortho intramolecular Hbond substituents is 1. The third-order valence-electron chi connectivity index (χ3n) is 9.23. The number of hydrogen-bond donors (Lipinski definition) is 1. The Labute approximate surface area is 260 Å². The number of amides is 4. The van der Waals surface area contributed by atoms with E-state index < -0.39 is 57.0 Å². The molecular formula is C32H22Cl3FN2O5. The van der Waals surface area contributed by atoms with Gasteiger partial charge in [0, 0.05) is 16.5 Å². The van der Waals surface area contributed by atoms with Crippen LogP contribution >= 0.6 is 34.8 Å². The first-order chi connectivity index (χ1) is 20.5. The van der Waals surface area contributed by atoms with Gasteiger partial charge in [-0.25, -0.2) is 9.29 Å². The second-order valence-electron chi connectivity index (χ2n) is 11.3. The summed E-state index contributed by atoms with van der Waals surface area (Å²) in [5.74, 6) is -6.74. The molecule has 0 spiro atoms. The lowest BCUT2D eigenvalue weighted by atomic mass is 9.56. The lowest BCUT2D eigenvalue weighted by Crippen LogP contribution is -2.60. The number of nitrogens with zero attached hydrogens (tertiary/aromatic N) is 2. The van der Waals surface area contributed by atoms with Crippen molar-refractivity contribution >= 4 is 69.8 Å². The summed E-state index contributed by atoms with van der Waals surface area (Å²) in [5.41, 5.74) is 1.25. The number of para-hydroxylation sites is 1. The van der Waals surface area contributed by atoms with Crippen LogP contribution < -0.4 is 9.80 Å². The number of anilines is 2. The van der Waals surface area contributed by atoms with Gasteiger partial charge in [0.25, 0.3) is 11.8 Å². The van der Waals surface area contributed by atoms with E-state index in [0.717, 1.165) is 21.9 Å². The average molecular weight is 640 g/mol. The molecule has 2 saturated heterocycles. The molecule has 1 N–H and O–H groups in total. The first-order valence-corrected chi connectivity index (χ1v) is 14.8. The topological polar surface area (TPSA) is 95.0 Å². The highest BCUT2D eigenvalue weighted by Crippen LogP contribution is 2.66. The maximum Gasteiger partial charge on any atom is 0.258 e. The Hall–Kier alpha value is -3.72. The predicted octanol–water partition coefficient (Wildman–Crippen LogP) is 5.95. The van der Waals surface area contributed by atoms with Crippen LogP contribution in [0.15, 0.2) is 84.4 Å². The van der Waals surface area contributed by atoms with Gasteiger partial charge in [0.2, 0.25) is 11.8 Å². The van der Waals surface area contributed by atoms with Crippen LogP contribution in [0.3, 0.4) is 0 Å². The highest BCUT2D eigenvalue weighted by Gasteiger charge is 2.76. The van der Waals surface area contributed by atoms with Crippen LogP contribution in [0.4, 0.5) is 15.8 Å². The fraction of sp³-hybridized carbons (Fsp3) is 0.250. The minimum Gasteiger partial charge on any atom is -0.508 e. The molecule has 6 unspecified atom stereocenters. The zero-order valence-corrected chi connectivity index (χ0v) is 24.5. The summed E-state index contributed by atoms with van der Waals surface area (Å²) in [6.45, 7) is 0. The zero-order chi connectivity index (χ0) is 30.4. The van der Waals surface area contributed by atoms with Crippen molar-refractivity contribution in [3.8, 4) is 5.75 Å². The standard InChI is InChI=1S/C32H22Cl3FN2O5/c33-16-5-9-18(10-6-16)37-27(40)22-14-13-20-23(25(22)28(37)41)15-31(34)29(42)38(19-11-7-17(36)8-12-19)30(43)32(31,35)26(20)21-3-1-2-4-24(21)39/h1-13,22-23,25-26,39H,14-15H2. The SMILES string of the molecule is O=C1C2CC=C3C(CC4(Cl)C(=O)N(c5ccc(F)cc5)C(=O)C4(Cl)C3c3ccccc3O)C2C(=O)N1c1ccc(Cl)cc1. The normalized spacial score (nSPS) is 31.6. The molecule has 4 amide bonds. The molecule has 0 bridgehead atoms. The van der Waals surface area contributed by atoms with Crippen LogP contribution in [-0.4, -0.2) is 38.5 Å². The number of allylic oxidation sites excluding steroid dienone is 2. The molecule has 2 aliphatic heterocycles. The molecule has 2 heterocycles. The number of imide groups is 2. The number of rotatable bonds is 3. The lowest BCUT2D eigenvalue weighted by Gasteiger charge is -2.50. The number of carbonyl (C=O) groups is 4. The van der Waals surface area contributed by atoms with Crippen molar-refractivity contribution in [1.29, 1.82) is 0 Å². The van der Waals surface area contributed by atoms with Crippen molar-refractivity contribution in [2.45, 2.75) is 28.5 Å². The molecule has 7 nitrogen and oxygen atoms in total. The Morgan fingerprint density at radius 1 is 0.791 bits per heavy atom. The van der Waals surface area contributed by atoms with Gasteiger partial charge >= 0.3 is 0 Å². The minimum absolute atomic E-state index is 0.0812. The van der Waals surface area contributed by atoms with Crippen LogP contribution in [0.25, 0.3) is 0 Å². The number of benzene rings is 3. The van der Waals surface area contributed by atoms with Crippen molar-refractivity contribution in [1.82, 2.24) is 0 Å². The molecule has 3 aromatic rings. The quantitative estimate of drug-likeness (QED) is 0.217. The molecule has 1 saturated carbocycles. The molecule has 3 fully saturated rings. The molecule has 0 aromatic heterocycles. The van der Waals surface area contributed by atoms with Gasteiger partial charge in [-0.15, -0.1) is 23.2 Å². The largest absolute Gasteiger partial charge is 0.508 e. The fourth-order valence-electron chi connectivity index (χ4n) is 7.32. The van der Waals surface area contributed by atoms with Crippen molar-refractivity contribution < 1.29 is 28.7 Å². The monoisotopic (exact) mass is 638 g/mol. The average Bonchev–Trinajstić information content (AvgIpc) is 3.33. The minimum atomic E-state index is -2.12. The molecule has 0 radical (unpaired) electrons.